The van der Waals surface area contributed by atoms with Gasteiger partial charge in [-0.2, -0.15) is 0 Å². The normalized spacial score (nSPS) is 14.1. The molecular weight excluding hydrogens is 424 g/mol. The number of allylic oxidation sites excluding steroid dienone is 4. The Morgan fingerprint density at radius 3 is 2.36 bits per heavy atom. The standard InChI is InChI=1S/C30H29ClN2/c1-6-10-22(7-2)28-21(4)33-27-15-14-24(18-26(27)29(28)31)30(5,25-13-9-16-32-19-25)23-12-8-11-20(3)17-23/h6-19H,1-5H3/b10-6-,22-7+. The van der Waals surface area contributed by atoms with E-state index in [1.54, 1.807) is 0 Å². The molecule has 1 atom stereocenters. The number of aryl methyl sites for hydroxylation is 2. The maximum absolute atomic E-state index is 7.07. The summed E-state index contributed by atoms with van der Waals surface area (Å²) in [4.78, 5) is 9.33. The van der Waals surface area contributed by atoms with Gasteiger partial charge in [-0.25, -0.2) is 0 Å². The molecule has 0 fully saturated rings. The molecule has 0 spiro atoms. The van der Waals surface area contributed by atoms with Crippen LogP contribution in [0, 0.1) is 13.8 Å². The molecule has 2 heterocycles. The molecule has 4 rings (SSSR count). The Labute approximate surface area is 201 Å². The number of pyridine rings is 2. The molecule has 0 aliphatic rings. The molecule has 4 aromatic rings. The predicted molar refractivity (Wildman–Crippen MR) is 141 cm³/mol. The SMILES string of the molecule is C/C=C\C(=C/C)c1c(C)nc2ccc(C(C)(c3cccnc3)c3cccc(C)c3)cc2c1Cl. The highest BCUT2D eigenvalue weighted by Crippen LogP contribution is 2.41. The molecule has 2 aromatic heterocycles. The molecule has 0 aliphatic heterocycles. The smallest absolute Gasteiger partial charge is 0.0720 e. The van der Waals surface area contributed by atoms with Crippen LogP contribution in [-0.4, -0.2) is 9.97 Å². The van der Waals surface area contributed by atoms with Gasteiger partial charge < -0.3 is 0 Å². The Hall–Kier alpha value is -3.23. The second-order valence-electron chi connectivity index (χ2n) is 8.60. The minimum absolute atomic E-state index is 0.393. The van der Waals surface area contributed by atoms with Gasteiger partial charge in [0.2, 0.25) is 0 Å². The number of halogens is 1. The van der Waals surface area contributed by atoms with Crippen LogP contribution in [0.25, 0.3) is 16.5 Å². The Balaban J connectivity index is 2.02. The van der Waals surface area contributed by atoms with Crippen LogP contribution in [0.4, 0.5) is 0 Å². The van der Waals surface area contributed by atoms with Gasteiger partial charge in [0.1, 0.15) is 0 Å². The minimum atomic E-state index is -0.393. The first-order valence-corrected chi connectivity index (χ1v) is 11.6. The number of rotatable bonds is 5. The molecule has 0 N–H and O–H groups in total. The van der Waals surface area contributed by atoms with Crippen molar-refractivity contribution in [3.63, 3.8) is 0 Å². The zero-order valence-electron chi connectivity index (χ0n) is 19.9. The van der Waals surface area contributed by atoms with E-state index in [-0.39, 0.29) is 0 Å². The number of nitrogens with zero attached hydrogens (tertiary/aromatic N) is 2. The molecule has 0 aliphatic carbocycles. The fourth-order valence-electron chi connectivity index (χ4n) is 4.60. The molecule has 1 unspecified atom stereocenters. The van der Waals surface area contributed by atoms with Crippen LogP contribution < -0.4 is 0 Å². The number of hydrogen-bond donors (Lipinski definition) is 0. The van der Waals surface area contributed by atoms with E-state index in [1.165, 1.54) is 11.1 Å². The maximum Gasteiger partial charge on any atom is 0.0720 e. The van der Waals surface area contributed by atoms with Crippen molar-refractivity contribution < 1.29 is 0 Å². The molecule has 0 saturated heterocycles. The molecule has 2 aromatic carbocycles. The lowest BCUT2D eigenvalue weighted by Gasteiger charge is -2.32. The first-order valence-electron chi connectivity index (χ1n) is 11.3. The zero-order valence-corrected chi connectivity index (χ0v) is 20.6. The van der Waals surface area contributed by atoms with Crippen molar-refractivity contribution >= 4 is 28.1 Å². The molecule has 0 saturated carbocycles. The molecule has 166 valence electrons. The van der Waals surface area contributed by atoms with Crippen molar-refractivity contribution in [1.82, 2.24) is 9.97 Å². The van der Waals surface area contributed by atoms with Crippen molar-refractivity contribution in [2.24, 2.45) is 0 Å². The second kappa shape index (κ2) is 9.33. The maximum atomic E-state index is 7.07. The molecule has 0 bridgehead atoms. The van der Waals surface area contributed by atoms with Crippen LogP contribution in [0.3, 0.4) is 0 Å². The molecule has 33 heavy (non-hydrogen) atoms. The van der Waals surface area contributed by atoms with Crippen LogP contribution in [-0.2, 0) is 5.41 Å². The lowest BCUT2D eigenvalue weighted by atomic mass is 9.71. The fourth-order valence-corrected chi connectivity index (χ4v) is 5.00. The fraction of sp³-hybridized carbons (Fsp3) is 0.200. The van der Waals surface area contributed by atoms with Crippen LogP contribution in [0.1, 0.15) is 54.3 Å². The summed E-state index contributed by atoms with van der Waals surface area (Å²) in [5.74, 6) is 0. The van der Waals surface area contributed by atoms with E-state index >= 15 is 0 Å². The van der Waals surface area contributed by atoms with Gasteiger partial charge >= 0.3 is 0 Å². The highest BCUT2D eigenvalue weighted by atomic mass is 35.5. The quantitative estimate of drug-likeness (QED) is 0.285. The largest absolute Gasteiger partial charge is 0.264 e. The van der Waals surface area contributed by atoms with Gasteiger partial charge in [0.05, 0.1) is 10.5 Å². The zero-order chi connectivity index (χ0) is 23.6. The summed E-state index contributed by atoms with van der Waals surface area (Å²) in [6.07, 6.45) is 9.96. The van der Waals surface area contributed by atoms with Gasteiger partial charge in [0, 0.05) is 34.5 Å². The number of fused-ring (bicyclic) bond motifs is 1. The summed E-state index contributed by atoms with van der Waals surface area (Å²) in [6, 6.07) is 19.3. The monoisotopic (exact) mass is 452 g/mol. The average Bonchev–Trinajstić information content (AvgIpc) is 2.83. The van der Waals surface area contributed by atoms with E-state index in [2.05, 4.69) is 79.5 Å². The average molecular weight is 453 g/mol. The van der Waals surface area contributed by atoms with Crippen LogP contribution >= 0.6 is 11.6 Å². The molecule has 0 radical (unpaired) electrons. The Morgan fingerprint density at radius 1 is 0.939 bits per heavy atom. The third-order valence-electron chi connectivity index (χ3n) is 6.46. The lowest BCUT2D eigenvalue weighted by molar-refractivity contribution is 0.688. The van der Waals surface area contributed by atoms with E-state index in [0.717, 1.165) is 43.9 Å². The third-order valence-corrected chi connectivity index (χ3v) is 6.85. The summed E-state index contributed by atoms with van der Waals surface area (Å²) in [5.41, 5.74) is 8.23. The molecule has 2 nitrogen and oxygen atoms in total. The first-order chi connectivity index (χ1) is 15.9. The van der Waals surface area contributed by atoms with Gasteiger partial charge in [0.15, 0.2) is 0 Å². The van der Waals surface area contributed by atoms with Crippen LogP contribution in [0.2, 0.25) is 5.02 Å². The van der Waals surface area contributed by atoms with Gasteiger partial charge in [0.25, 0.3) is 0 Å². The summed E-state index contributed by atoms with van der Waals surface area (Å²) < 4.78 is 0. The van der Waals surface area contributed by atoms with E-state index in [1.807, 2.05) is 45.3 Å². The van der Waals surface area contributed by atoms with Gasteiger partial charge in [-0.1, -0.05) is 71.8 Å². The number of benzene rings is 2. The highest BCUT2D eigenvalue weighted by molar-refractivity contribution is 6.37. The van der Waals surface area contributed by atoms with Crippen molar-refractivity contribution in [1.29, 1.82) is 0 Å². The van der Waals surface area contributed by atoms with Crippen molar-refractivity contribution in [2.75, 3.05) is 0 Å². The van der Waals surface area contributed by atoms with E-state index < -0.39 is 5.41 Å². The number of aromatic nitrogens is 2. The molecule has 3 heteroatoms. The highest BCUT2D eigenvalue weighted by Gasteiger charge is 2.32. The van der Waals surface area contributed by atoms with Crippen molar-refractivity contribution in [2.45, 2.75) is 40.0 Å². The minimum Gasteiger partial charge on any atom is -0.264 e. The Bertz CT molecular complexity index is 1370. The third kappa shape index (κ3) is 4.12. The van der Waals surface area contributed by atoms with Crippen LogP contribution in [0.5, 0.6) is 0 Å². The summed E-state index contributed by atoms with van der Waals surface area (Å²) in [5, 5.41) is 1.70. The first kappa shape index (κ1) is 22.9. The van der Waals surface area contributed by atoms with Gasteiger partial charge in [-0.15, -0.1) is 0 Å². The Kier molecular flexibility index (Phi) is 6.49. The molecular formula is C30H29ClN2. The second-order valence-corrected chi connectivity index (χ2v) is 8.98. The van der Waals surface area contributed by atoms with Gasteiger partial charge in [-0.3, -0.25) is 9.97 Å². The number of hydrogen-bond acceptors (Lipinski definition) is 2. The Morgan fingerprint density at radius 2 is 1.70 bits per heavy atom. The van der Waals surface area contributed by atoms with Crippen molar-refractivity contribution in [3.8, 4) is 0 Å². The van der Waals surface area contributed by atoms with E-state index in [4.69, 9.17) is 16.6 Å². The van der Waals surface area contributed by atoms with Gasteiger partial charge in [-0.05, 0) is 75.1 Å². The van der Waals surface area contributed by atoms with Crippen LogP contribution in [0.15, 0.2) is 85.2 Å². The summed E-state index contributed by atoms with van der Waals surface area (Å²) >= 11 is 7.07. The summed E-state index contributed by atoms with van der Waals surface area (Å²) in [7, 11) is 0. The summed E-state index contributed by atoms with van der Waals surface area (Å²) in [6.45, 7) is 10.5. The predicted octanol–water partition coefficient (Wildman–Crippen LogP) is 8.23. The molecule has 0 amide bonds. The lowest BCUT2D eigenvalue weighted by Crippen LogP contribution is -2.25. The van der Waals surface area contributed by atoms with Crippen molar-refractivity contribution in [3.05, 3.63) is 124 Å². The van der Waals surface area contributed by atoms with E-state index in [0.29, 0.717) is 0 Å². The van der Waals surface area contributed by atoms with E-state index in [9.17, 15) is 0 Å². The topological polar surface area (TPSA) is 25.8 Å².